The molecule has 1 spiro atoms. The zero-order chi connectivity index (χ0) is 16.6. The van der Waals surface area contributed by atoms with Crippen LogP contribution in [0.3, 0.4) is 0 Å². The summed E-state index contributed by atoms with van der Waals surface area (Å²) in [6.45, 7) is 2.92. The van der Waals surface area contributed by atoms with Crippen LogP contribution in [0.25, 0.3) is 0 Å². The Bertz CT molecular complexity index is 529. The highest BCUT2D eigenvalue weighted by molar-refractivity contribution is 6.09. The third-order valence-electron chi connectivity index (χ3n) is 5.76. The second kappa shape index (κ2) is 7.27. The molecule has 3 rings (SSSR count). The lowest BCUT2D eigenvalue weighted by Gasteiger charge is -2.36. The standard InChI is InChI=1S/C16H26N4O3.ClH/c1-11-5-2-3-7-16(11)14(22)20(15(23)18-16)10-13(21)19-8-4-6-12(19)9-17;/h11-12H,2-10,17H2,1H3,(H,18,23);1H. The first kappa shape index (κ1) is 19.0. The molecule has 0 radical (unpaired) electrons. The van der Waals surface area contributed by atoms with Crippen LogP contribution in [0.5, 0.6) is 0 Å². The first-order chi connectivity index (χ1) is 11.0. The topological polar surface area (TPSA) is 95.7 Å². The average molecular weight is 359 g/mol. The molecule has 2 heterocycles. The van der Waals surface area contributed by atoms with Gasteiger partial charge in [0.25, 0.3) is 5.91 Å². The molecule has 1 aliphatic carbocycles. The zero-order valence-electron chi connectivity index (χ0n) is 14.1. The number of nitrogens with zero attached hydrogens (tertiary/aromatic N) is 2. The van der Waals surface area contributed by atoms with E-state index in [4.69, 9.17) is 5.73 Å². The number of rotatable bonds is 3. The van der Waals surface area contributed by atoms with E-state index in [1.165, 1.54) is 0 Å². The smallest absolute Gasteiger partial charge is 0.325 e. The summed E-state index contributed by atoms with van der Waals surface area (Å²) in [5, 5.41) is 2.88. The molecule has 3 aliphatic rings. The minimum atomic E-state index is -0.798. The van der Waals surface area contributed by atoms with Gasteiger partial charge in [-0.25, -0.2) is 4.79 Å². The fourth-order valence-corrected chi connectivity index (χ4v) is 4.27. The number of nitrogens with two attached hydrogens (primary N) is 1. The number of carbonyl (C=O) groups excluding carboxylic acids is 3. The summed E-state index contributed by atoms with van der Waals surface area (Å²) < 4.78 is 0. The maximum Gasteiger partial charge on any atom is 0.325 e. The van der Waals surface area contributed by atoms with Gasteiger partial charge in [-0.1, -0.05) is 19.8 Å². The van der Waals surface area contributed by atoms with Crippen molar-refractivity contribution in [2.75, 3.05) is 19.6 Å². The van der Waals surface area contributed by atoms with E-state index in [2.05, 4.69) is 5.32 Å². The molecule has 4 amide bonds. The van der Waals surface area contributed by atoms with Crippen molar-refractivity contribution in [1.29, 1.82) is 0 Å². The van der Waals surface area contributed by atoms with Gasteiger partial charge in [0.1, 0.15) is 12.1 Å². The lowest BCUT2D eigenvalue weighted by molar-refractivity contribution is -0.140. The molecule has 0 aromatic carbocycles. The summed E-state index contributed by atoms with van der Waals surface area (Å²) in [5.41, 5.74) is 4.90. The highest BCUT2D eigenvalue weighted by atomic mass is 35.5. The van der Waals surface area contributed by atoms with Gasteiger partial charge in [-0.2, -0.15) is 0 Å². The average Bonchev–Trinajstić information content (AvgIpc) is 3.10. The molecular formula is C16H27ClN4O3. The van der Waals surface area contributed by atoms with E-state index >= 15 is 0 Å². The number of nitrogens with one attached hydrogen (secondary N) is 1. The van der Waals surface area contributed by atoms with Gasteiger partial charge in [-0.05, 0) is 31.6 Å². The van der Waals surface area contributed by atoms with Gasteiger partial charge in [0, 0.05) is 19.1 Å². The van der Waals surface area contributed by atoms with Gasteiger partial charge in [0.15, 0.2) is 0 Å². The molecule has 136 valence electrons. The molecule has 1 saturated carbocycles. The van der Waals surface area contributed by atoms with Crippen LogP contribution >= 0.6 is 12.4 Å². The molecule has 3 unspecified atom stereocenters. The summed E-state index contributed by atoms with van der Waals surface area (Å²) in [6, 6.07) is -0.397. The molecule has 0 aromatic rings. The first-order valence-corrected chi connectivity index (χ1v) is 8.63. The van der Waals surface area contributed by atoms with Crippen LogP contribution in [-0.2, 0) is 9.59 Å². The fraction of sp³-hybridized carbons (Fsp3) is 0.812. The van der Waals surface area contributed by atoms with Crippen molar-refractivity contribution in [1.82, 2.24) is 15.1 Å². The van der Waals surface area contributed by atoms with Crippen LogP contribution in [0.2, 0.25) is 0 Å². The molecule has 3 N–H and O–H groups in total. The zero-order valence-corrected chi connectivity index (χ0v) is 14.9. The van der Waals surface area contributed by atoms with Crippen LogP contribution in [0, 0.1) is 5.92 Å². The Labute approximate surface area is 148 Å². The largest absolute Gasteiger partial charge is 0.337 e. The minimum Gasteiger partial charge on any atom is -0.337 e. The van der Waals surface area contributed by atoms with Crippen molar-refractivity contribution in [2.45, 2.75) is 57.0 Å². The molecule has 8 heteroatoms. The molecule has 2 saturated heterocycles. The second-order valence-corrected chi connectivity index (χ2v) is 7.06. The molecule has 3 fully saturated rings. The van der Waals surface area contributed by atoms with Crippen molar-refractivity contribution >= 4 is 30.3 Å². The van der Waals surface area contributed by atoms with E-state index in [-0.39, 0.29) is 42.7 Å². The van der Waals surface area contributed by atoms with Crippen molar-refractivity contribution in [2.24, 2.45) is 11.7 Å². The predicted octanol–water partition coefficient (Wildman–Crippen LogP) is 0.859. The Balaban J connectivity index is 0.00000208. The minimum absolute atomic E-state index is 0. The number of urea groups is 1. The SMILES string of the molecule is CC1CCCCC12NC(=O)N(CC(=O)N1CCCC1CN)C2=O.Cl. The number of hydrogen-bond acceptors (Lipinski definition) is 4. The number of amides is 4. The first-order valence-electron chi connectivity index (χ1n) is 8.63. The van der Waals surface area contributed by atoms with Crippen molar-refractivity contribution in [3.05, 3.63) is 0 Å². The Morgan fingerprint density at radius 1 is 1.29 bits per heavy atom. The molecule has 7 nitrogen and oxygen atoms in total. The number of carbonyl (C=O) groups is 3. The summed E-state index contributed by atoms with van der Waals surface area (Å²) in [5.74, 6) is -0.301. The van der Waals surface area contributed by atoms with E-state index in [0.29, 0.717) is 19.5 Å². The number of hydrogen-bond donors (Lipinski definition) is 2. The molecule has 0 bridgehead atoms. The lowest BCUT2D eigenvalue weighted by Crippen LogP contribution is -2.54. The van der Waals surface area contributed by atoms with E-state index in [0.717, 1.165) is 37.0 Å². The third-order valence-corrected chi connectivity index (χ3v) is 5.76. The van der Waals surface area contributed by atoms with E-state index < -0.39 is 11.6 Å². The predicted molar refractivity (Wildman–Crippen MR) is 91.6 cm³/mol. The maximum atomic E-state index is 12.9. The molecule has 24 heavy (non-hydrogen) atoms. The Morgan fingerprint density at radius 2 is 2.04 bits per heavy atom. The van der Waals surface area contributed by atoms with Gasteiger partial charge in [0.2, 0.25) is 5.91 Å². The van der Waals surface area contributed by atoms with Gasteiger partial charge >= 0.3 is 6.03 Å². The summed E-state index contributed by atoms with van der Waals surface area (Å²) in [6.07, 6.45) is 5.42. The monoisotopic (exact) mass is 358 g/mol. The van der Waals surface area contributed by atoms with Gasteiger partial charge in [-0.3, -0.25) is 14.5 Å². The maximum absolute atomic E-state index is 12.9. The second-order valence-electron chi connectivity index (χ2n) is 7.06. The number of imide groups is 1. The number of halogens is 1. The van der Waals surface area contributed by atoms with Crippen LogP contribution < -0.4 is 11.1 Å². The van der Waals surface area contributed by atoms with Crippen LogP contribution in [-0.4, -0.2) is 58.9 Å². The quantitative estimate of drug-likeness (QED) is 0.731. The summed E-state index contributed by atoms with van der Waals surface area (Å²) in [7, 11) is 0. The molecule has 3 atom stereocenters. The molecule has 2 aliphatic heterocycles. The van der Waals surface area contributed by atoms with Crippen molar-refractivity contribution in [3.63, 3.8) is 0 Å². The normalized spacial score (nSPS) is 32.9. The van der Waals surface area contributed by atoms with E-state index in [1.54, 1.807) is 4.90 Å². The van der Waals surface area contributed by atoms with Crippen LogP contribution in [0.4, 0.5) is 4.79 Å². The summed E-state index contributed by atoms with van der Waals surface area (Å²) >= 11 is 0. The van der Waals surface area contributed by atoms with E-state index in [1.807, 2.05) is 6.92 Å². The Kier molecular flexibility index (Phi) is 5.75. The van der Waals surface area contributed by atoms with Crippen molar-refractivity contribution in [3.8, 4) is 0 Å². The number of likely N-dealkylation sites (tertiary alicyclic amines) is 1. The Hall–Kier alpha value is -1.34. The van der Waals surface area contributed by atoms with E-state index in [9.17, 15) is 14.4 Å². The van der Waals surface area contributed by atoms with Crippen LogP contribution in [0.1, 0.15) is 45.4 Å². The summed E-state index contributed by atoms with van der Waals surface area (Å²) in [4.78, 5) is 40.5. The Morgan fingerprint density at radius 3 is 2.71 bits per heavy atom. The lowest BCUT2D eigenvalue weighted by atomic mass is 9.73. The van der Waals surface area contributed by atoms with Gasteiger partial charge in [0.05, 0.1) is 0 Å². The molecule has 0 aromatic heterocycles. The molecular weight excluding hydrogens is 332 g/mol. The fourth-order valence-electron chi connectivity index (χ4n) is 4.27. The van der Waals surface area contributed by atoms with Gasteiger partial charge in [-0.15, -0.1) is 12.4 Å². The van der Waals surface area contributed by atoms with Gasteiger partial charge < -0.3 is 16.0 Å². The van der Waals surface area contributed by atoms with Crippen molar-refractivity contribution < 1.29 is 14.4 Å². The highest BCUT2D eigenvalue weighted by Crippen LogP contribution is 2.38. The van der Waals surface area contributed by atoms with Crippen LogP contribution in [0.15, 0.2) is 0 Å². The third kappa shape index (κ3) is 2.99. The highest BCUT2D eigenvalue weighted by Gasteiger charge is 2.55.